The number of aromatic nitrogens is 2. The number of carbonyl (C=O) groups excluding carboxylic acids is 2. The van der Waals surface area contributed by atoms with Crippen molar-refractivity contribution in [2.75, 3.05) is 5.32 Å². The number of hydrogen-bond acceptors (Lipinski definition) is 3. The maximum Gasteiger partial charge on any atom is 0.416 e. The molecule has 0 aliphatic rings. The summed E-state index contributed by atoms with van der Waals surface area (Å²) in [5.41, 5.74) is 6.05. The number of amides is 2. The highest BCUT2D eigenvalue weighted by molar-refractivity contribution is 5.93. The zero-order chi connectivity index (χ0) is 22.6. The van der Waals surface area contributed by atoms with E-state index < -0.39 is 35.1 Å². The highest BCUT2D eigenvalue weighted by Gasteiger charge is 2.31. The monoisotopic (exact) mass is 434 g/mol. The Balaban J connectivity index is 1.65. The molecule has 31 heavy (non-hydrogen) atoms. The van der Waals surface area contributed by atoms with Crippen molar-refractivity contribution in [1.29, 1.82) is 0 Å². The molecule has 0 aliphatic carbocycles. The zero-order valence-electron chi connectivity index (χ0n) is 16.1. The van der Waals surface area contributed by atoms with Gasteiger partial charge in [0.1, 0.15) is 11.5 Å². The van der Waals surface area contributed by atoms with Crippen LogP contribution in [-0.4, -0.2) is 22.0 Å². The van der Waals surface area contributed by atoms with E-state index in [0.29, 0.717) is 42.2 Å². The van der Waals surface area contributed by atoms with Gasteiger partial charge in [-0.05, 0) is 42.2 Å². The van der Waals surface area contributed by atoms with Gasteiger partial charge in [0, 0.05) is 5.56 Å². The van der Waals surface area contributed by atoms with E-state index in [9.17, 15) is 27.2 Å². The van der Waals surface area contributed by atoms with Crippen molar-refractivity contribution in [3.05, 3.63) is 82.4 Å². The van der Waals surface area contributed by atoms with Crippen molar-refractivity contribution in [2.24, 2.45) is 5.73 Å². The van der Waals surface area contributed by atoms with Crippen LogP contribution in [0.15, 0.2) is 48.7 Å². The van der Waals surface area contributed by atoms with E-state index in [0.717, 1.165) is 5.56 Å². The number of aromatic amines is 1. The fraction of sp³-hybridized carbons (Fsp3) is 0.190. The molecule has 1 aromatic heterocycles. The SMILES string of the molecule is NC(=O)c1[nH]ncc1CCc1cccc(CC(=O)Nc2cc(C(F)(F)F)ccc2F)c1. The summed E-state index contributed by atoms with van der Waals surface area (Å²) in [7, 11) is 0. The van der Waals surface area contributed by atoms with Crippen molar-refractivity contribution in [1.82, 2.24) is 10.2 Å². The van der Waals surface area contributed by atoms with Crippen LogP contribution in [0.25, 0.3) is 0 Å². The van der Waals surface area contributed by atoms with Gasteiger partial charge in [0.25, 0.3) is 5.91 Å². The summed E-state index contributed by atoms with van der Waals surface area (Å²) in [4.78, 5) is 23.6. The second kappa shape index (κ2) is 8.99. The maximum atomic E-state index is 13.8. The van der Waals surface area contributed by atoms with E-state index in [1.165, 1.54) is 6.20 Å². The second-order valence-electron chi connectivity index (χ2n) is 6.87. The Labute approximate surface area is 174 Å². The minimum Gasteiger partial charge on any atom is -0.364 e. The maximum absolute atomic E-state index is 13.8. The highest BCUT2D eigenvalue weighted by Crippen LogP contribution is 2.31. The summed E-state index contributed by atoms with van der Waals surface area (Å²) in [6.45, 7) is 0. The number of nitrogens with one attached hydrogen (secondary N) is 2. The second-order valence-corrected chi connectivity index (χ2v) is 6.87. The van der Waals surface area contributed by atoms with Gasteiger partial charge in [-0.15, -0.1) is 0 Å². The van der Waals surface area contributed by atoms with Gasteiger partial charge in [0.2, 0.25) is 5.91 Å². The first kappa shape index (κ1) is 22.0. The Morgan fingerprint density at radius 1 is 1.06 bits per heavy atom. The molecule has 1 heterocycles. The summed E-state index contributed by atoms with van der Waals surface area (Å²) < 4.78 is 52.2. The molecule has 0 fully saturated rings. The van der Waals surface area contributed by atoms with Crippen LogP contribution in [0, 0.1) is 5.82 Å². The molecule has 0 atom stereocenters. The molecule has 2 amide bonds. The van der Waals surface area contributed by atoms with Gasteiger partial charge in [-0.2, -0.15) is 18.3 Å². The van der Waals surface area contributed by atoms with Crippen LogP contribution < -0.4 is 11.1 Å². The highest BCUT2D eigenvalue weighted by atomic mass is 19.4. The third-order valence-corrected chi connectivity index (χ3v) is 4.57. The Hall–Kier alpha value is -3.69. The molecule has 3 aromatic rings. The van der Waals surface area contributed by atoms with Crippen molar-refractivity contribution >= 4 is 17.5 Å². The average Bonchev–Trinajstić information content (AvgIpc) is 3.16. The van der Waals surface area contributed by atoms with E-state index in [-0.39, 0.29) is 12.1 Å². The number of halogens is 4. The third kappa shape index (κ3) is 5.68. The van der Waals surface area contributed by atoms with Crippen LogP contribution in [0.1, 0.15) is 32.7 Å². The summed E-state index contributed by atoms with van der Waals surface area (Å²) in [6, 6.07) is 8.83. The molecular formula is C21H18F4N4O2. The van der Waals surface area contributed by atoms with Crippen LogP contribution >= 0.6 is 0 Å². The fourth-order valence-electron chi connectivity index (χ4n) is 3.07. The topological polar surface area (TPSA) is 101 Å². The zero-order valence-corrected chi connectivity index (χ0v) is 16.1. The molecule has 162 valence electrons. The number of H-pyrrole nitrogens is 1. The number of rotatable bonds is 7. The normalized spacial score (nSPS) is 11.4. The first-order valence-electron chi connectivity index (χ1n) is 9.20. The first-order chi connectivity index (χ1) is 14.6. The number of alkyl halides is 3. The summed E-state index contributed by atoms with van der Waals surface area (Å²) in [5, 5.41) is 8.53. The number of aryl methyl sites for hydroxylation is 2. The van der Waals surface area contributed by atoms with E-state index in [4.69, 9.17) is 5.73 Å². The molecule has 4 N–H and O–H groups in total. The Kier molecular flexibility index (Phi) is 6.38. The average molecular weight is 434 g/mol. The van der Waals surface area contributed by atoms with Gasteiger partial charge in [-0.1, -0.05) is 24.3 Å². The molecule has 0 unspecified atom stereocenters. The van der Waals surface area contributed by atoms with E-state index in [1.807, 2.05) is 6.07 Å². The van der Waals surface area contributed by atoms with Crippen molar-refractivity contribution in [3.63, 3.8) is 0 Å². The lowest BCUT2D eigenvalue weighted by molar-refractivity contribution is -0.137. The van der Waals surface area contributed by atoms with Crippen molar-refractivity contribution < 1.29 is 27.2 Å². The van der Waals surface area contributed by atoms with Gasteiger partial charge < -0.3 is 11.1 Å². The molecule has 2 aromatic carbocycles. The van der Waals surface area contributed by atoms with Crippen LogP contribution in [-0.2, 0) is 30.2 Å². The quantitative estimate of drug-likeness (QED) is 0.495. The lowest BCUT2D eigenvalue weighted by atomic mass is 10.0. The van der Waals surface area contributed by atoms with Crippen molar-refractivity contribution in [3.8, 4) is 0 Å². The largest absolute Gasteiger partial charge is 0.416 e. The first-order valence-corrected chi connectivity index (χ1v) is 9.20. The molecule has 6 nitrogen and oxygen atoms in total. The van der Waals surface area contributed by atoms with Crippen LogP contribution in [0.5, 0.6) is 0 Å². The number of carbonyl (C=O) groups is 2. The van der Waals surface area contributed by atoms with Crippen LogP contribution in [0.4, 0.5) is 23.2 Å². The number of nitrogens with zero attached hydrogens (tertiary/aromatic N) is 1. The Morgan fingerprint density at radius 2 is 1.81 bits per heavy atom. The minimum atomic E-state index is -4.65. The third-order valence-electron chi connectivity index (χ3n) is 4.57. The lowest BCUT2D eigenvalue weighted by Crippen LogP contribution is -2.16. The summed E-state index contributed by atoms with van der Waals surface area (Å²) >= 11 is 0. The Morgan fingerprint density at radius 3 is 2.52 bits per heavy atom. The minimum absolute atomic E-state index is 0.151. The number of primary amides is 1. The molecule has 0 bridgehead atoms. The van der Waals surface area contributed by atoms with E-state index in [2.05, 4.69) is 15.5 Å². The summed E-state index contributed by atoms with van der Waals surface area (Å²) in [6.07, 6.45) is -2.26. The number of hydrogen-bond donors (Lipinski definition) is 3. The summed E-state index contributed by atoms with van der Waals surface area (Å²) in [5.74, 6) is -2.22. The Bertz CT molecular complexity index is 1110. The van der Waals surface area contributed by atoms with E-state index in [1.54, 1.807) is 18.2 Å². The molecule has 10 heteroatoms. The lowest BCUT2D eigenvalue weighted by Gasteiger charge is -2.11. The number of anilines is 1. The van der Waals surface area contributed by atoms with Crippen LogP contribution in [0.2, 0.25) is 0 Å². The number of nitrogens with two attached hydrogens (primary N) is 1. The van der Waals surface area contributed by atoms with Gasteiger partial charge in [0.05, 0.1) is 23.9 Å². The number of benzene rings is 2. The molecule has 0 saturated carbocycles. The molecular weight excluding hydrogens is 416 g/mol. The van der Waals surface area contributed by atoms with E-state index >= 15 is 0 Å². The predicted octanol–water partition coefficient (Wildman–Crippen LogP) is 3.63. The molecule has 0 radical (unpaired) electrons. The standard InChI is InChI=1S/C21H18F4N4O2/c22-16-7-6-15(21(23,24)25)10-17(16)28-18(30)9-13-3-1-2-12(8-13)4-5-14-11-27-29-19(14)20(26)31/h1-3,6-8,10-11H,4-5,9H2,(H2,26,31)(H,27,29)(H,28,30). The van der Waals surface area contributed by atoms with Crippen LogP contribution in [0.3, 0.4) is 0 Å². The predicted molar refractivity (Wildman–Crippen MR) is 105 cm³/mol. The molecule has 0 aliphatic heterocycles. The molecule has 3 rings (SSSR count). The molecule has 0 spiro atoms. The van der Waals surface area contributed by atoms with Gasteiger partial charge >= 0.3 is 6.18 Å². The van der Waals surface area contributed by atoms with Gasteiger partial charge in [-0.3, -0.25) is 14.7 Å². The van der Waals surface area contributed by atoms with Gasteiger partial charge in [-0.25, -0.2) is 4.39 Å². The van der Waals surface area contributed by atoms with Crippen molar-refractivity contribution in [2.45, 2.75) is 25.4 Å². The molecule has 0 saturated heterocycles. The smallest absolute Gasteiger partial charge is 0.364 e. The fourth-order valence-corrected chi connectivity index (χ4v) is 3.07. The van der Waals surface area contributed by atoms with Gasteiger partial charge in [0.15, 0.2) is 0 Å².